The average Bonchev–Trinajstić information content (AvgIpc) is 2.43. The van der Waals surface area contributed by atoms with Gasteiger partial charge in [-0.2, -0.15) is 0 Å². The van der Waals surface area contributed by atoms with Crippen LogP contribution in [0.4, 0.5) is 0 Å². The van der Waals surface area contributed by atoms with Gasteiger partial charge in [0, 0.05) is 0 Å². The third-order valence-electron chi connectivity index (χ3n) is 3.68. The van der Waals surface area contributed by atoms with Crippen LogP contribution in [0.1, 0.15) is 98.2 Å². The van der Waals surface area contributed by atoms with Crippen molar-refractivity contribution in [2.45, 2.75) is 96.8 Å². The van der Waals surface area contributed by atoms with E-state index < -0.39 is 11.4 Å². The summed E-state index contributed by atoms with van der Waals surface area (Å²) in [5.41, 5.74) is 0. The van der Waals surface area contributed by atoms with Gasteiger partial charge in [0.1, 0.15) is 0 Å². The Balaban J connectivity index is -0.00000180. The topological polar surface area (TPSA) is 49.4 Å². The van der Waals surface area contributed by atoms with Gasteiger partial charge in [-0.05, 0) is 6.42 Å². The summed E-state index contributed by atoms with van der Waals surface area (Å²) in [7, 11) is 0. The summed E-state index contributed by atoms with van der Waals surface area (Å²) in [6.45, 7) is 2.60. The molecule has 0 radical (unpaired) electrons. The van der Waals surface area contributed by atoms with Gasteiger partial charge in [-0.3, -0.25) is 0 Å². The number of hydrogen-bond acceptors (Lipinski definition) is 3. The van der Waals surface area contributed by atoms with Crippen molar-refractivity contribution in [3.05, 3.63) is 0 Å². The SMILES string of the molecule is CCCCCCCCCCCCCCCCOS(=O)[O-].[H-].[Li+]. The Morgan fingerprint density at radius 2 is 1.10 bits per heavy atom. The van der Waals surface area contributed by atoms with Crippen molar-refractivity contribution in [1.82, 2.24) is 0 Å². The molecule has 0 aromatic heterocycles. The monoisotopic (exact) mass is 313 g/mol. The van der Waals surface area contributed by atoms with Crippen molar-refractivity contribution < 1.29 is 33.2 Å². The van der Waals surface area contributed by atoms with Crippen molar-refractivity contribution >= 4 is 11.4 Å². The summed E-state index contributed by atoms with van der Waals surface area (Å²) in [4.78, 5) is 0. The molecule has 0 spiro atoms. The van der Waals surface area contributed by atoms with E-state index >= 15 is 0 Å². The van der Waals surface area contributed by atoms with E-state index in [1.807, 2.05) is 0 Å². The van der Waals surface area contributed by atoms with E-state index in [-0.39, 0.29) is 20.3 Å². The summed E-state index contributed by atoms with van der Waals surface area (Å²) in [6, 6.07) is 0. The maximum atomic E-state index is 10.1. The van der Waals surface area contributed by atoms with Crippen molar-refractivity contribution in [3.63, 3.8) is 0 Å². The van der Waals surface area contributed by atoms with E-state index in [4.69, 9.17) is 0 Å². The van der Waals surface area contributed by atoms with E-state index in [0.29, 0.717) is 6.61 Å². The van der Waals surface area contributed by atoms with Gasteiger partial charge in [0.25, 0.3) is 0 Å². The third-order valence-corrected chi connectivity index (χ3v) is 4.04. The quantitative estimate of drug-likeness (QED) is 0.250. The molecule has 0 fully saturated rings. The minimum atomic E-state index is -2.33. The van der Waals surface area contributed by atoms with Crippen molar-refractivity contribution in [2.75, 3.05) is 6.61 Å². The molecule has 0 bridgehead atoms. The Morgan fingerprint density at radius 3 is 1.43 bits per heavy atom. The first-order chi connectivity index (χ1) is 9.77. The second kappa shape index (κ2) is 20.7. The third kappa shape index (κ3) is 23.1. The molecule has 0 heterocycles. The minimum Gasteiger partial charge on any atom is -1.00 e. The average molecular weight is 313 g/mol. The predicted molar refractivity (Wildman–Crippen MR) is 86.3 cm³/mol. The molecule has 0 saturated carbocycles. The molecule has 0 aromatic rings. The summed E-state index contributed by atoms with van der Waals surface area (Å²) in [5, 5.41) is 0. The summed E-state index contributed by atoms with van der Waals surface area (Å²) in [5.74, 6) is 0. The molecule has 1 atom stereocenters. The molecule has 124 valence electrons. The number of hydrogen-bond donors (Lipinski definition) is 0. The van der Waals surface area contributed by atoms with Gasteiger partial charge in [-0.1, -0.05) is 90.4 Å². The molecule has 3 nitrogen and oxygen atoms in total. The maximum absolute atomic E-state index is 10.1. The van der Waals surface area contributed by atoms with Crippen LogP contribution in [0.25, 0.3) is 0 Å². The van der Waals surface area contributed by atoms with Crippen molar-refractivity contribution in [1.29, 1.82) is 0 Å². The van der Waals surface area contributed by atoms with E-state index in [2.05, 4.69) is 11.1 Å². The first-order valence-corrected chi connectivity index (χ1v) is 9.50. The van der Waals surface area contributed by atoms with Crippen molar-refractivity contribution in [2.24, 2.45) is 0 Å². The molecule has 0 amide bonds. The first-order valence-electron chi connectivity index (χ1n) is 8.50. The van der Waals surface area contributed by atoms with Crippen LogP contribution in [0.3, 0.4) is 0 Å². The number of unbranched alkanes of at least 4 members (excludes halogenated alkanes) is 13. The van der Waals surface area contributed by atoms with Crippen LogP contribution in [0, 0.1) is 0 Å². The molecule has 0 aliphatic heterocycles. The van der Waals surface area contributed by atoms with Crippen LogP contribution in [0.15, 0.2) is 0 Å². The normalized spacial score (nSPS) is 12.1. The van der Waals surface area contributed by atoms with Crippen molar-refractivity contribution in [3.8, 4) is 0 Å². The fraction of sp³-hybridized carbons (Fsp3) is 1.00. The first kappa shape index (κ1) is 23.9. The van der Waals surface area contributed by atoms with Gasteiger partial charge in [0.15, 0.2) is 0 Å². The summed E-state index contributed by atoms with van der Waals surface area (Å²) >= 11 is -2.33. The van der Waals surface area contributed by atoms with Gasteiger partial charge in [-0.15, -0.1) is 0 Å². The Hall–Kier alpha value is 0.667. The van der Waals surface area contributed by atoms with E-state index in [0.717, 1.165) is 12.8 Å². The standard InChI is InChI=1S/C16H34O3S.Li.H/c1-2-3-4-5-6-7-8-9-10-11-12-13-14-15-16-19-20(17)18;;/h2-16H2,1H3,(H,17,18);;/q;+1;-1/p-1. The molecular weight excluding hydrogens is 279 g/mol. The van der Waals surface area contributed by atoms with Crippen LogP contribution in [0.2, 0.25) is 0 Å². The molecule has 0 N–H and O–H groups in total. The van der Waals surface area contributed by atoms with Crippen LogP contribution < -0.4 is 18.9 Å². The van der Waals surface area contributed by atoms with Crippen LogP contribution >= 0.6 is 0 Å². The number of rotatable bonds is 16. The van der Waals surface area contributed by atoms with Gasteiger partial charge >= 0.3 is 18.9 Å². The van der Waals surface area contributed by atoms with Crippen LogP contribution in [-0.4, -0.2) is 15.4 Å². The zero-order chi connectivity index (χ0) is 14.9. The Kier molecular flexibility index (Phi) is 23.5. The van der Waals surface area contributed by atoms with Gasteiger partial charge in [-0.25, -0.2) is 4.21 Å². The molecule has 5 heteroatoms. The molecule has 0 saturated heterocycles. The zero-order valence-corrected chi connectivity index (χ0v) is 15.1. The van der Waals surface area contributed by atoms with Gasteiger partial charge < -0.3 is 10.2 Å². The molecule has 1 unspecified atom stereocenters. The fourth-order valence-electron chi connectivity index (χ4n) is 2.42. The fourth-order valence-corrected chi connectivity index (χ4v) is 2.68. The second-order valence-corrected chi connectivity index (χ2v) is 6.27. The molecule has 0 aromatic carbocycles. The molecule has 21 heavy (non-hydrogen) atoms. The second-order valence-electron chi connectivity index (χ2n) is 5.62. The summed E-state index contributed by atoms with van der Waals surface area (Å²) < 4.78 is 24.7. The van der Waals surface area contributed by atoms with Crippen LogP contribution in [0.5, 0.6) is 0 Å². The van der Waals surface area contributed by atoms with Gasteiger partial charge in [0.2, 0.25) is 0 Å². The maximum Gasteiger partial charge on any atom is 1.00 e. The minimum absolute atomic E-state index is 0. The predicted octanol–water partition coefficient (Wildman–Crippen LogP) is 2.39. The molecule has 0 aliphatic rings. The van der Waals surface area contributed by atoms with E-state index in [1.165, 1.54) is 77.0 Å². The smallest absolute Gasteiger partial charge is 1.00 e. The Morgan fingerprint density at radius 1 is 0.762 bits per heavy atom. The van der Waals surface area contributed by atoms with Gasteiger partial charge in [0.05, 0.1) is 18.0 Å². The summed E-state index contributed by atoms with van der Waals surface area (Å²) in [6.07, 6.45) is 18.3. The largest absolute Gasteiger partial charge is 1.00 e. The van der Waals surface area contributed by atoms with E-state index in [1.54, 1.807) is 0 Å². The van der Waals surface area contributed by atoms with Crippen LogP contribution in [-0.2, 0) is 15.5 Å². The Bertz CT molecular complexity index is 222. The zero-order valence-electron chi connectivity index (χ0n) is 15.2. The van der Waals surface area contributed by atoms with E-state index in [9.17, 15) is 8.76 Å². The molecular formula is C16H34LiO3S-. The molecule has 0 aliphatic carbocycles. The molecule has 0 rings (SSSR count). The Labute approximate surface area is 148 Å².